The second-order valence-electron chi connectivity index (χ2n) is 7.15. The van der Waals surface area contributed by atoms with Crippen LogP contribution < -0.4 is 9.64 Å². The van der Waals surface area contributed by atoms with Crippen molar-refractivity contribution in [1.29, 1.82) is 0 Å². The molecule has 0 fully saturated rings. The molecule has 0 spiro atoms. The minimum Gasteiger partial charge on any atom is -0.508 e. The summed E-state index contributed by atoms with van der Waals surface area (Å²) in [6, 6.07) is 24.5. The molecule has 1 N–H and O–H groups in total. The van der Waals surface area contributed by atoms with Crippen LogP contribution in [0.25, 0.3) is 10.8 Å². The van der Waals surface area contributed by atoms with Gasteiger partial charge in [-0.3, -0.25) is 9.69 Å². The molecule has 0 saturated carbocycles. The summed E-state index contributed by atoms with van der Waals surface area (Å²) >= 11 is 0. The first-order valence-corrected chi connectivity index (χ1v) is 9.95. The molecule has 4 aromatic carbocycles. The monoisotopic (exact) mass is 427 g/mol. The van der Waals surface area contributed by atoms with Gasteiger partial charge in [0.2, 0.25) is 5.91 Å². The van der Waals surface area contributed by atoms with Gasteiger partial charge in [0, 0.05) is 12.6 Å². The number of aromatic hydroxyl groups is 1. The highest BCUT2D eigenvalue weighted by atomic mass is 16.5. The van der Waals surface area contributed by atoms with Crippen LogP contribution in [0, 0.1) is 0 Å². The Morgan fingerprint density at radius 3 is 2.19 bits per heavy atom. The molecule has 0 aromatic heterocycles. The van der Waals surface area contributed by atoms with Crippen molar-refractivity contribution in [3.63, 3.8) is 0 Å². The number of carbonyl (C=O) groups excluding carboxylic acids is 2. The third-order valence-electron chi connectivity index (χ3n) is 4.99. The molecule has 0 radical (unpaired) electrons. The first kappa shape index (κ1) is 20.9. The average Bonchev–Trinajstić information content (AvgIpc) is 2.80. The van der Waals surface area contributed by atoms with Crippen molar-refractivity contribution in [3.8, 4) is 17.2 Å². The van der Waals surface area contributed by atoms with Crippen LogP contribution in [0.15, 0.2) is 84.9 Å². The summed E-state index contributed by atoms with van der Waals surface area (Å²) in [5.41, 5.74) is 1.33. The van der Waals surface area contributed by atoms with Crippen LogP contribution >= 0.6 is 0 Å². The maximum absolute atomic E-state index is 12.5. The Kier molecular flexibility index (Phi) is 5.77. The fourth-order valence-electron chi connectivity index (χ4n) is 3.52. The number of hydrogen-bond donors (Lipinski definition) is 1. The van der Waals surface area contributed by atoms with Gasteiger partial charge in [-0.05, 0) is 71.4 Å². The van der Waals surface area contributed by atoms with Crippen molar-refractivity contribution in [1.82, 2.24) is 0 Å². The van der Waals surface area contributed by atoms with Gasteiger partial charge in [-0.1, -0.05) is 24.3 Å². The molecule has 0 atom stereocenters. The van der Waals surface area contributed by atoms with Gasteiger partial charge in [0.05, 0.1) is 18.4 Å². The van der Waals surface area contributed by atoms with Gasteiger partial charge in [0.1, 0.15) is 17.2 Å². The number of rotatable bonds is 5. The molecule has 0 saturated heterocycles. The van der Waals surface area contributed by atoms with Crippen molar-refractivity contribution < 1.29 is 24.2 Å². The molecule has 160 valence electrons. The maximum Gasteiger partial charge on any atom is 0.339 e. The number of phenols is 1. The lowest BCUT2D eigenvalue weighted by atomic mass is 10.1. The second kappa shape index (κ2) is 8.81. The lowest BCUT2D eigenvalue weighted by Gasteiger charge is -2.23. The highest BCUT2D eigenvalue weighted by molar-refractivity contribution is 6.06. The van der Waals surface area contributed by atoms with Gasteiger partial charge in [-0.25, -0.2) is 4.79 Å². The third-order valence-corrected chi connectivity index (χ3v) is 4.99. The molecule has 0 aliphatic carbocycles. The molecule has 4 rings (SSSR count). The van der Waals surface area contributed by atoms with E-state index in [4.69, 9.17) is 9.47 Å². The molecule has 0 heterocycles. The number of fused-ring (bicyclic) bond motifs is 1. The van der Waals surface area contributed by atoms with Gasteiger partial charge >= 0.3 is 5.97 Å². The number of nitrogens with zero attached hydrogens (tertiary/aromatic N) is 1. The Balaban J connectivity index is 1.62. The van der Waals surface area contributed by atoms with Crippen molar-refractivity contribution in [2.75, 3.05) is 12.0 Å². The minimum absolute atomic E-state index is 0.213. The molecular formula is C26H21NO5. The number of amides is 1. The van der Waals surface area contributed by atoms with E-state index in [1.165, 1.54) is 18.9 Å². The molecule has 0 bridgehead atoms. The van der Waals surface area contributed by atoms with E-state index in [2.05, 4.69) is 0 Å². The van der Waals surface area contributed by atoms with Crippen molar-refractivity contribution in [2.45, 2.75) is 6.92 Å². The quantitative estimate of drug-likeness (QED) is 0.407. The zero-order valence-corrected chi connectivity index (χ0v) is 17.6. The van der Waals surface area contributed by atoms with E-state index < -0.39 is 5.97 Å². The predicted octanol–water partition coefficient (Wildman–Crippen LogP) is 5.81. The number of anilines is 2. The number of methoxy groups -OCH3 is 1. The van der Waals surface area contributed by atoms with Gasteiger partial charge in [0.25, 0.3) is 0 Å². The molecule has 6 nitrogen and oxygen atoms in total. The number of esters is 1. The lowest BCUT2D eigenvalue weighted by molar-refractivity contribution is -0.115. The highest BCUT2D eigenvalue weighted by Gasteiger charge is 2.21. The van der Waals surface area contributed by atoms with Crippen molar-refractivity contribution in [3.05, 3.63) is 90.5 Å². The van der Waals surface area contributed by atoms with Crippen LogP contribution in [0.1, 0.15) is 17.3 Å². The number of carbonyl (C=O) groups is 2. The summed E-state index contributed by atoms with van der Waals surface area (Å²) in [6.45, 7) is 1.44. The zero-order chi connectivity index (χ0) is 22.7. The van der Waals surface area contributed by atoms with Crippen LogP contribution in [0.4, 0.5) is 11.4 Å². The first-order valence-electron chi connectivity index (χ1n) is 9.95. The maximum atomic E-state index is 12.5. The summed E-state index contributed by atoms with van der Waals surface area (Å²) < 4.78 is 10.8. The first-order chi connectivity index (χ1) is 15.5. The largest absolute Gasteiger partial charge is 0.508 e. The van der Waals surface area contributed by atoms with E-state index in [-0.39, 0.29) is 11.7 Å². The highest BCUT2D eigenvalue weighted by Crippen LogP contribution is 2.32. The van der Waals surface area contributed by atoms with E-state index in [0.717, 1.165) is 10.8 Å². The Hall–Kier alpha value is -4.32. The van der Waals surface area contributed by atoms with E-state index >= 15 is 0 Å². The Morgan fingerprint density at radius 2 is 1.47 bits per heavy atom. The number of para-hydroxylation sites is 1. The molecular weight excluding hydrogens is 406 g/mol. The number of ether oxygens (including phenoxy) is 2. The van der Waals surface area contributed by atoms with Crippen LogP contribution in [0.2, 0.25) is 0 Å². The van der Waals surface area contributed by atoms with Gasteiger partial charge in [-0.2, -0.15) is 0 Å². The molecule has 0 unspecified atom stereocenters. The Morgan fingerprint density at radius 1 is 0.812 bits per heavy atom. The summed E-state index contributed by atoms with van der Waals surface area (Å²) in [4.78, 5) is 26.1. The lowest BCUT2D eigenvalue weighted by Crippen LogP contribution is -2.25. The van der Waals surface area contributed by atoms with Crippen molar-refractivity contribution >= 4 is 34.0 Å². The molecule has 4 aromatic rings. The number of benzene rings is 4. The third kappa shape index (κ3) is 4.25. The predicted molar refractivity (Wildman–Crippen MR) is 123 cm³/mol. The minimum atomic E-state index is -0.517. The molecule has 0 aliphatic heterocycles. The molecule has 32 heavy (non-hydrogen) atoms. The Labute approximate surface area is 185 Å². The molecule has 6 heteroatoms. The van der Waals surface area contributed by atoms with E-state index in [9.17, 15) is 14.7 Å². The van der Waals surface area contributed by atoms with Gasteiger partial charge in [0.15, 0.2) is 0 Å². The SMILES string of the molecule is COC(=O)c1ccccc1N(C(C)=O)c1ccc(Oc2ccc3cc(O)ccc3c2)cc1. The second-order valence-corrected chi connectivity index (χ2v) is 7.15. The summed E-state index contributed by atoms with van der Waals surface area (Å²) in [7, 11) is 1.30. The fourth-order valence-corrected chi connectivity index (χ4v) is 3.52. The van der Waals surface area contributed by atoms with Gasteiger partial charge < -0.3 is 14.6 Å². The number of phenolic OH excluding ortho intramolecular Hbond substituents is 1. The van der Waals surface area contributed by atoms with Crippen molar-refractivity contribution in [2.24, 2.45) is 0 Å². The van der Waals surface area contributed by atoms with Crippen LogP contribution in [-0.4, -0.2) is 24.1 Å². The van der Waals surface area contributed by atoms with E-state index in [0.29, 0.717) is 28.4 Å². The fraction of sp³-hybridized carbons (Fsp3) is 0.0769. The topological polar surface area (TPSA) is 76.1 Å². The van der Waals surface area contributed by atoms with Crippen LogP contribution in [-0.2, 0) is 9.53 Å². The summed E-state index contributed by atoms with van der Waals surface area (Å²) in [5.74, 6) is 0.696. The zero-order valence-electron chi connectivity index (χ0n) is 17.6. The average molecular weight is 427 g/mol. The number of hydrogen-bond acceptors (Lipinski definition) is 5. The van der Waals surface area contributed by atoms with Crippen LogP contribution in [0.3, 0.4) is 0 Å². The standard InChI is InChI=1S/C26H21NO5/c1-17(28)27(25-6-4-3-5-24(25)26(30)31-2)20-9-13-22(14-10-20)32-23-12-8-18-15-21(29)11-7-19(18)16-23/h3-16,29H,1-2H3. The van der Waals surface area contributed by atoms with Crippen LogP contribution in [0.5, 0.6) is 17.2 Å². The normalized spacial score (nSPS) is 10.6. The summed E-state index contributed by atoms with van der Waals surface area (Å²) in [6.07, 6.45) is 0. The molecule has 1 amide bonds. The van der Waals surface area contributed by atoms with Gasteiger partial charge in [-0.15, -0.1) is 0 Å². The Bertz CT molecular complexity index is 1300. The molecule has 0 aliphatic rings. The summed E-state index contributed by atoms with van der Waals surface area (Å²) in [5, 5.41) is 11.5. The van der Waals surface area contributed by atoms with E-state index in [1.807, 2.05) is 24.3 Å². The smallest absolute Gasteiger partial charge is 0.339 e. The van der Waals surface area contributed by atoms with E-state index in [1.54, 1.807) is 60.7 Å².